The molecule has 17 heteroatoms. The Bertz CT molecular complexity index is 8780. The zero-order valence-corrected chi connectivity index (χ0v) is 71.7. The Hall–Kier alpha value is -17.7. The molecule has 0 atom stereocenters. The van der Waals surface area contributed by atoms with Crippen molar-refractivity contribution in [1.29, 1.82) is 0 Å². The Labute approximate surface area is 758 Å². The molecule has 17 nitrogen and oxygen atoms in total. The van der Waals surface area contributed by atoms with Crippen LogP contribution in [0.4, 0.5) is 0 Å². The van der Waals surface area contributed by atoms with Crippen LogP contribution in [0.5, 0.6) is 0 Å². The molecule has 19 aromatic rings. The number of ketones is 7. The number of hydrogen-bond acceptors (Lipinski definition) is 12. The number of para-hydroxylation sites is 1. The molecule has 5 heterocycles. The van der Waals surface area contributed by atoms with Gasteiger partial charge in [0.15, 0.2) is 40.5 Å². The van der Waals surface area contributed by atoms with E-state index < -0.39 is 0 Å². The minimum atomic E-state index is -0.106. The van der Waals surface area contributed by atoms with Gasteiger partial charge in [-0.05, 0) is 71.7 Å². The fourth-order valence-electron chi connectivity index (χ4n) is 20.0. The molecule has 0 unspecified atom stereocenters. The molecule has 0 spiro atoms. The van der Waals surface area contributed by atoms with Gasteiger partial charge in [0.1, 0.15) is 0 Å². The average molecular weight is 1730 g/mol. The van der Waals surface area contributed by atoms with Gasteiger partial charge in [0, 0.05) is 158 Å². The minimum absolute atomic E-state index is 0.00222. The average Bonchev–Trinajstić information content (AvgIpc) is 1.60. The van der Waals surface area contributed by atoms with E-state index in [0.717, 1.165) is 111 Å². The third-order valence-corrected chi connectivity index (χ3v) is 25.9. The maximum Gasteiger partial charge on any atom is 0.263 e. The van der Waals surface area contributed by atoms with E-state index in [0.29, 0.717) is 126 Å². The highest BCUT2D eigenvalue weighted by atomic mass is 16.2. The van der Waals surface area contributed by atoms with Crippen LogP contribution in [0.1, 0.15) is 130 Å². The monoisotopic (exact) mass is 1730 g/mol. The molecule has 0 saturated heterocycles. The number of benzene rings is 14. The summed E-state index contributed by atoms with van der Waals surface area (Å²) in [5.74, 6) is 0.116. The van der Waals surface area contributed by atoms with Gasteiger partial charge in [0.25, 0.3) is 27.8 Å². The van der Waals surface area contributed by atoms with Crippen molar-refractivity contribution in [3.8, 4) is 62.0 Å². The van der Waals surface area contributed by atoms with Gasteiger partial charge in [0.05, 0.1) is 62.8 Å². The van der Waals surface area contributed by atoms with Gasteiger partial charge in [-0.25, -0.2) is 0 Å². The van der Waals surface area contributed by atoms with Crippen LogP contribution in [0.25, 0.3) is 127 Å². The molecule has 133 heavy (non-hydrogen) atoms. The molecule has 0 saturated carbocycles. The third kappa shape index (κ3) is 13.1. The largest absolute Gasteiger partial charge is 0.310 e. The van der Waals surface area contributed by atoms with E-state index in [1.807, 2.05) is 322 Å². The predicted molar refractivity (Wildman–Crippen MR) is 522 cm³/mol. The van der Waals surface area contributed by atoms with Gasteiger partial charge < -0.3 is 18.3 Å². The summed E-state index contributed by atoms with van der Waals surface area (Å²) < 4.78 is 8.36. The zero-order chi connectivity index (χ0) is 91.3. The van der Waals surface area contributed by atoms with Crippen molar-refractivity contribution in [1.82, 2.24) is 22.8 Å². The summed E-state index contributed by atoms with van der Waals surface area (Å²) in [4.78, 5) is 154. The van der Waals surface area contributed by atoms with Gasteiger partial charge >= 0.3 is 0 Å². The molecule has 14 aromatic carbocycles. The SMILES string of the molecule is C=CCn1c2c(c3ccccc3c1=O)C(=O)c1ccccc1-2.CCn1c2c(c3ccccc3c1=O)C(=O)c1ccccc1-2.Cn1c2c(c3ccccc3c1=O)C(=O)c1ccccc1-2.O=C1CC2=C(C(=O)c3ccccc32)c2ccccc21.O=C1c2ccccc2-c2c1c1ccccc1c(=O)n2-c1ccccc1.O=C1c2ccccc2-c2c1c1ccccc1c(=O)n2Cc1ccccc1. The van der Waals surface area contributed by atoms with E-state index in [-0.39, 0.29) is 68.3 Å². The van der Waals surface area contributed by atoms with Crippen molar-refractivity contribution in [3.63, 3.8) is 0 Å². The smallest absolute Gasteiger partial charge is 0.263 e. The molecule has 7 aliphatic rings. The van der Waals surface area contributed by atoms with E-state index in [1.54, 1.807) is 72.4 Å². The lowest BCUT2D eigenvalue weighted by atomic mass is 9.85. The van der Waals surface area contributed by atoms with Crippen LogP contribution in [-0.4, -0.2) is 63.3 Å². The summed E-state index contributed by atoms with van der Waals surface area (Å²) in [5, 5.41) is 6.60. The lowest BCUT2D eigenvalue weighted by Crippen LogP contribution is -2.23. The molecule has 0 aliphatic heterocycles. The van der Waals surface area contributed by atoms with Gasteiger partial charge in [-0.1, -0.05) is 315 Å². The molecule has 7 aliphatic carbocycles. The van der Waals surface area contributed by atoms with E-state index in [9.17, 15) is 57.5 Å². The van der Waals surface area contributed by atoms with Crippen molar-refractivity contribution in [3.05, 3.63) is 500 Å². The minimum Gasteiger partial charge on any atom is -0.310 e. The summed E-state index contributed by atoms with van der Waals surface area (Å²) in [5.41, 5.74) is 20.5. The first kappa shape index (κ1) is 82.3. The van der Waals surface area contributed by atoms with E-state index in [1.165, 1.54) is 0 Å². The predicted octanol–water partition coefficient (Wildman–Crippen LogP) is 21.2. The van der Waals surface area contributed by atoms with Crippen LogP contribution in [0.15, 0.2) is 388 Å². The highest BCUT2D eigenvalue weighted by molar-refractivity contribution is 6.43. The summed E-state index contributed by atoms with van der Waals surface area (Å²) in [7, 11) is 1.73. The molecule has 26 rings (SSSR count). The Morgan fingerprint density at radius 2 is 0.534 bits per heavy atom. The molecule has 0 fully saturated rings. The van der Waals surface area contributed by atoms with Crippen molar-refractivity contribution < 1.29 is 33.6 Å². The molecular weight excluding hydrogens is 1660 g/mol. The number of hydrogen-bond donors (Lipinski definition) is 0. The number of carbonyl (C=O) groups is 7. The fraction of sp³-hybridized carbons (Fsp3) is 0.0517. The maximum atomic E-state index is 13.3. The second-order valence-electron chi connectivity index (χ2n) is 33.1. The summed E-state index contributed by atoms with van der Waals surface area (Å²) >= 11 is 0. The Morgan fingerprint density at radius 3 is 0.940 bits per heavy atom. The third-order valence-electron chi connectivity index (χ3n) is 25.9. The van der Waals surface area contributed by atoms with Crippen LogP contribution in [0.2, 0.25) is 0 Å². The number of rotatable bonds is 6. The van der Waals surface area contributed by atoms with Gasteiger partial charge in [-0.15, -0.1) is 6.58 Å². The van der Waals surface area contributed by atoms with E-state index >= 15 is 0 Å². The quantitative estimate of drug-likeness (QED) is 0.142. The standard InChI is InChI=1S/C23H15NO2.C22H13NO2.C19H13NO2.C18H13NO2.C17H11NO2.C17H10O2/c25-22-18-12-6-5-11-17(18)21-20(22)16-10-4-7-13-19(16)23(26)24(21)14-15-8-2-1-3-9-15;24-21-17-12-6-5-11-16(17)20-19(21)15-10-4-7-13-18(15)22(25)23(20)14-8-2-1-3-9-14;1-2-11-20-17-13-8-4-5-9-14(13)18(21)16(17)12-7-3-6-10-15(12)19(20)22;1-2-19-16-12-8-4-5-9-13(12)17(20)15(16)11-7-3-6-10-14(11)18(19)21;1-18-15-11-7-3-4-8-12(11)16(19)14(15)10-6-2-5-9-13(10)17(18)20;18-15-9-14-10-5-1-4-8-13(10)17(19)16(14)12-7-3-2-6-11(12)15/h1-13H,14H2;1-13H;2-10H,1,11H2;3-10H,2H2,1H3;2-9H,1H3;1-8H,9H2. The second kappa shape index (κ2) is 33.2. The van der Waals surface area contributed by atoms with Gasteiger partial charge in [0.2, 0.25) is 0 Å². The first-order valence-corrected chi connectivity index (χ1v) is 43.6. The van der Waals surface area contributed by atoms with Gasteiger partial charge in [-0.2, -0.15) is 0 Å². The van der Waals surface area contributed by atoms with Crippen molar-refractivity contribution in [2.45, 2.75) is 33.0 Å². The Kier molecular flexibility index (Phi) is 20.5. The lowest BCUT2D eigenvalue weighted by Gasteiger charge is -2.16. The summed E-state index contributed by atoms with van der Waals surface area (Å²) in [6.45, 7) is 7.04. The first-order valence-electron chi connectivity index (χ1n) is 43.6. The fourth-order valence-corrected chi connectivity index (χ4v) is 20.0. The number of Topliss-reactive ketones (excluding diaryl/α,β-unsaturated/α-hetero) is 2. The molecular formula is C116H75N5O12. The normalized spacial score (nSPS) is 12.9. The number of fused-ring (bicyclic) bond motifs is 29. The zero-order valence-electron chi connectivity index (χ0n) is 71.7. The topological polar surface area (TPSA) is 229 Å². The summed E-state index contributed by atoms with van der Waals surface area (Å²) in [6, 6.07) is 108. The Balaban J connectivity index is 0.0000000963. The Morgan fingerprint density at radius 1 is 0.256 bits per heavy atom. The van der Waals surface area contributed by atoms with Gasteiger partial charge in [-0.3, -0.25) is 62.1 Å². The van der Waals surface area contributed by atoms with Crippen LogP contribution < -0.4 is 27.8 Å². The van der Waals surface area contributed by atoms with Crippen LogP contribution in [-0.2, 0) is 26.7 Å². The first-order chi connectivity index (χ1) is 65.0. The highest BCUT2D eigenvalue weighted by Gasteiger charge is 2.40. The number of nitrogens with zero attached hydrogens (tertiary/aromatic N) is 5. The molecule has 0 radical (unpaired) electrons. The molecule has 0 amide bonds. The molecule has 636 valence electrons. The number of aromatic nitrogens is 5. The summed E-state index contributed by atoms with van der Waals surface area (Å²) in [6.07, 6.45) is 2.01. The highest BCUT2D eigenvalue weighted by Crippen LogP contribution is 2.48. The van der Waals surface area contributed by atoms with Crippen molar-refractivity contribution >= 4 is 105 Å². The van der Waals surface area contributed by atoms with E-state index in [4.69, 9.17) is 0 Å². The lowest BCUT2D eigenvalue weighted by molar-refractivity contribution is 0.0992. The van der Waals surface area contributed by atoms with E-state index in [2.05, 4.69) is 6.58 Å². The van der Waals surface area contributed by atoms with Crippen molar-refractivity contribution in [2.24, 2.45) is 7.05 Å². The molecule has 0 bridgehead atoms. The van der Waals surface area contributed by atoms with Crippen molar-refractivity contribution in [2.75, 3.05) is 0 Å². The van der Waals surface area contributed by atoms with Crippen LogP contribution in [0, 0.1) is 0 Å². The maximum absolute atomic E-state index is 13.3. The number of pyridine rings is 5. The molecule has 0 N–H and O–H groups in total. The second-order valence-corrected chi connectivity index (χ2v) is 33.1. The number of allylic oxidation sites excluding steroid dienone is 3. The van der Waals surface area contributed by atoms with Crippen LogP contribution >= 0.6 is 0 Å². The van der Waals surface area contributed by atoms with Crippen LogP contribution in [0.3, 0.4) is 0 Å². The number of carbonyl (C=O) groups excluding carboxylic acids is 7. The molecule has 5 aromatic heterocycles.